The summed E-state index contributed by atoms with van der Waals surface area (Å²) in [5.74, 6) is 1.40. The Balaban J connectivity index is 1.99. The van der Waals surface area contributed by atoms with Crippen molar-refractivity contribution in [1.82, 2.24) is 10.1 Å². The van der Waals surface area contributed by atoms with Gasteiger partial charge in [0.05, 0.1) is 0 Å². The van der Waals surface area contributed by atoms with Gasteiger partial charge in [-0.25, -0.2) is 0 Å². The molecule has 0 aliphatic heterocycles. The lowest BCUT2D eigenvalue weighted by molar-refractivity contribution is 0.408. The van der Waals surface area contributed by atoms with Crippen LogP contribution in [0.15, 0.2) is 4.52 Å². The van der Waals surface area contributed by atoms with Gasteiger partial charge in [-0.3, -0.25) is 0 Å². The molecule has 1 aromatic rings. The second-order valence-corrected chi connectivity index (χ2v) is 4.95. The molecule has 2 rings (SSSR count). The highest BCUT2D eigenvalue weighted by Crippen LogP contribution is 2.30. The molecule has 1 fully saturated rings. The first-order valence-electron chi connectivity index (χ1n) is 6.36. The van der Waals surface area contributed by atoms with Crippen LogP contribution < -0.4 is 5.32 Å². The lowest BCUT2D eigenvalue weighted by Crippen LogP contribution is -2.10. The summed E-state index contributed by atoms with van der Waals surface area (Å²) in [5.41, 5.74) is 0. The Hall–Kier alpha value is -1.06. The highest BCUT2D eigenvalue weighted by molar-refractivity contribution is 5.20. The molecule has 0 amide bonds. The predicted molar refractivity (Wildman–Crippen MR) is 63.5 cm³/mol. The van der Waals surface area contributed by atoms with Crippen molar-refractivity contribution in [2.45, 2.75) is 64.3 Å². The quantitative estimate of drug-likeness (QED) is 0.798. The van der Waals surface area contributed by atoms with Crippen LogP contribution in [0, 0.1) is 0 Å². The summed E-state index contributed by atoms with van der Waals surface area (Å²) in [6, 6.07) is 0.900. The average molecular weight is 223 g/mol. The standard InChI is InChI=1S/C12H21N3O/c1-9(2)13-12-14-11(15-16-12)10-7-5-3-4-6-8-10/h9-10H,3-8H2,1-2H3,(H,13,14,15). The van der Waals surface area contributed by atoms with E-state index in [1.165, 1.54) is 38.5 Å². The third-order valence-corrected chi connectivity index (χ3v) is 3.07. The third kappa shape index (κ3) is 2.97. The van der Waals surface area contributed by atoms with Crippen molar-refractivity contribution in [3.8, 4) is 0 Å². The number of anilines is 1. The summed E-state index contributed by atoms with van der Waals surface area (Å²) in [7, 11) is 0. The van der Waals surface area contributed by atoms with E-state index >= 15 is 0 Å². The van der Waals surface area contributed by atoms with Crippen molar-refractivity contribution in [3.05, 3.63) is 5.82 Å². The molecular weight excluding hydrogens is 202 g/mol. The van der Waals surface area contributed by atoms with Gasteiger partial charge in [0, 0.05) is 12.0 Å². The monoisotopic (exact) mass is 223 g/mol. The van der Waals surface area contributed by atoms with E-state index in [4.69, 9.17) is 4.52 Å². The summed E-state index contributed by atoms with van der Waals surface area (Å²) in [6.07, 6.45) is 7.72. The molecule has 4 nitrogen and oxygen atoms in total. The molecule has 0 spiro atoms. The van der Waals surface area contributed by atoms with E-state index < -0.39 is 0 Å². The van der Waals surface area contributed by atoms with Crippen LogP contribution in [0.5, 0.6) is 0 Å². The van der Waals surface area contributed by atoms with Crippen molar-refractivity contribution < 1.29 is 4.52 Å². The first-order valence-corrected chi connectivity index (χ1v) is 6.36. The van der Waals surface area contributed by atoms with Gasteiger partial charge >= 0.3 is 6.01 Å². The van der Waals surface area contributed by atoms with Crippen molar-refractivity contribution in [3.63, 3.8) is 0 Å². The molecule has 1 saturated carbocycles. The Labute approximate surface area is 96.8 Å². The van der Waals surface area contributed by atoms with Gasteiger partial charge in [0.15, 0.2) is 5.82 Å². The molecule has 1 N–H and O–H groups in total. The number of hydrogen-bond acceptors (Lipinski definition) is 4. The minimum absolute atomic E-state index is 0.336. The highest BCUT2D eigenvalue weighted by atomic mass is 16.5. The predicted octanol–water partition coefficient (Wildman–Crippen LogP) is 3.33. The molecule has 0 aromatic carbocycles. The van der Waals surface area contributed by atoms with Crippen molar-refractivity contribution in [1.29, 1.82) is 0 Å². The fourth-order valence-corrected chi connectivity index (χ4v) is 2.24. The van der Waals surface area contributed by atoms with Crippen molar-refractivity contribution in [2.75, 3.05) is 5.32 Å². The topological polar surface area (TPSA) is 51.0 Å². The molecular formula is C12H21N3O. The molecule has 0 radical (unpaired) electrons. The summed E-state index contributed by atoms with van der Waals surface area (Å²) < 4.78 is 5.20. The lowest BCUT2D eigenvalue weighted by Gasteiger charge is -2.07. The molecule has 4 heteroatoms. The Morgan fingerprint density at radius 3 is 2.50 bits per heavy atom. The van der Waals surface area contributed by atoms with Gasteiger partial charge in [0.2, 0.25) is 0 Å². The normalized spacial score (nSPS) is 18.7. The third-order valence-electron chi connectivity index (χ3n) is 3.07. The molecule has 0 bridgehead atoms. The molecule has 16 heavy (non-hydrogen) atoms. The van der Waals surface area contributed by atoms with E-state index in [1.807, 2.05) is 0 Å². The van der Waals surface area contributed by atoms with E-state index in [2.05, 4.69) is 29.3 Å². The van der Waals surface area contributed by atoms with Crippen LogP contribution in [-0.2, 0) is 0 Å². The summed E-state index contributed by atoms with van der Waals surface area (Å²) in [4.78, 5) is 4.43. The van der Waals surface area contributed by atoms with Gasteiger partial charge in [-0.05, 0) is 26.7 Å². The van der Waals surface area contributed by atoms with Gasteiger partial charge < -0.3 is 9.84 Å². The summed E-state index contributed by atoms with van der Waals surface area (Å²) >= 11 is 0. The van der Waals surface area contributed by atoms with E-state index in [0.29, 0.717) is 18.0 Å². The second-order valence-electron chi connectivity index (χ2n) is 4.95. The maximum atomic E-state index is 5.20. The zero-order chi connectivity index (χ0) is 11.4. The van der Waals surface area contributed by atoms with Gasteiger partial charge in [-0.15, -0.1) is 0 Å². The van der Waals surface area contributed by atoms with Crippen LogP contribution in [0.2, 0.25) is 0 Å². The van der Waals surface area contributed by atoms with Crippen molar-refractivity contribution >= 4 is 6.01 Å². The number of rotatable bonds is 3. The molecule has 90 valence electrons. The fraction of sp³-hybridized carbons (Fsp3) is 0.833. The van der Waals surface area contributed by atoms with Crippen LogP contribution in [-0.4, -0.2) is 16.2 Å². The first-order chi connectivity index (χ1) is 7.75. The fourth-order valence-electron chi connectivity index (χ4n) is 2.24. The van der Waals surface area contributed by atoms with E-state index in [9.17, 15) is 0 Å². The van der Waals surface area contributed by atoms with E-state index in [0.717, 1.165) is 5.82 Å². The maximum Gasteiger partial charge on any atom is 0.321 e. The van der Waals surface area contributed by atoms with E-state index in [-0.39, 0.29) is 0 Å². The smallest absolute Gasteiger partial charge is 0.321 e. The van der Waals surface area contributed by atoms with Crippen LogP contribution in [0.3, 0.4) is 0 Å². The lowest BCUT2D eigenvalue weighted by atomic mass is 10.00. The van der Waals surface area contributed by atoms with Gasteiger partial charge in [-0.1, -0.05) is 30.8 Å². The van der Waals surface area contributed by atoms with Crippen LogP contribution >= 0.6 is 0 Å². The molecule has 1 aromatic heterocycles. The molecule has 1 heterocycles. The highest BCUT2D eigenvalue weighted by Gasteiger charge is 2.19. The zero-order valence-electron chi connectivity index (χ0n) is 10.2. The number of nitrogens with one attached hydrogen (secondary N) is 1. The van der Waals surface area contributed by atoms with Gasteiger partial charge in [0.1, 0.15) is 0 Å². The minimum Gasteiger partial charge on any atom is -0.336 e. The largest absolute Gasteiger partial charge is 0.336 e. The number of nitrogens with zero attached hydrogens (tertiary/aromatic N) is 2. The Morgan fingerprint density at radius 2 is 1.88 bits per heavy atom. The summed E-state index contributed by atoms with van der Waals surface area (Å²) in [6.45, 7) is 4.13. The Kier molecular flexibility index (Phi) is 3.80. The Morgan fingerprint density at radius 1 is 1.19 bits per heavy atom. The first kappa shape index (κ1) is 11.4. The SMILES string of the molecule is CC(C)Nc1nc(C2CCCCCC2)no1. The minimum atomic E-state index is 0.336. The van der Waals surface area contributed by atoms with Crippen LogP contribution in [0.4, 0.5) is 6.01 Å². The van der Waals surface area contributed by atoms with Crippen LogP contribution in [0.25, 0.3) is 0 Å². The zero-order valence-corrected chi connectivity index (χ0v) is 10.2. The van der Waals surface area contributed by atoms with E-state index in [1.54, 1.807) is 0 Å². The van der Waals surface area contributed by atoms with Gasteiger partial charge in [-0.2, -0.15) is 4.98 Å². The summed E-state index contributed by atoms with van der Waals surface area (Å²) in [5, 5.41) is 7.23. The van der Waals surface area contributed by atoms with Gasteiger partial charge in [0.25, 0.3) is 0 Å². The molecule has 0 atom stereocenters. The average Bonchev–Trinajstić information content (AvgIpc) is 2.53. The molecule has 0 unspecified atom stereocenters. The number of aromatic nitrogens is 2. The maximum absolute atomic E-state index is 5.20. The van der Waals surface area contributed by atoms with Crippen molar-refractivity contribution in [2.24, 2.45) is 0 Å². The Bertz CT molecular complexity index is 314. The molecule has 1 aliphatic rings. The molecule has 0 saturated heterocycles. The number of hydrogen-bond donors (Lipinski definition) is 1. The second kappa shape index (κ2) is 5.32. The molecule has 1 aliphatic carbocycles. The van der Waals surface area contributed by atoms with Crippen LogP contribution in [0.1, 0.15) is 64.1 Å².